The van der Waals surface area contributed by atoms with E-state index in [4.69, 9.17) is 0 Å². The molecule has 0 aliphatic rings. The molecule has 0 unspecified atom stereocenters. The molecule has 4 rings (SSSR count). The second-order valence-corrected chi connectivity index (χ2v) is 8.73. The maximum atomic E-state index is 12.9. The molecule has 11 heteroatoms. The zero-order chi connectivity index (χ0) is 22.7. The monoisotopic (exact) mass is 449 g/mol. The first-order chi connectivity index (χ1) is 15.3. The van der Waals surface area contributed by atoms with Crippen molar-refractivity contribution in [1.82, 2.24) is 24.7 Å². The minimum absolute atomic E-state index is 0.180. The predicted octanol–water partition coefficient (Wildman–Crippen LogP) is 2.56. The number of pyridine rings is 3. The average molecular weight is 449 g/mol. The molecule has 4 aromatic heterocycles. The molecule has 0 saturated carbocycles. The maximum absolute atomic E-state index is 12.9. The lowest BCUT2D eigenvalue weighted by atomic mass is 10.1. The highest BCUT2D eigenvalue weighted by Crippen LogP contribution is 2.25. The number of aryl methyl sites for hydroxylation is 1. The lowest BCUT2D eigenvalue weighted by Gasteiger charge is -2.08. The van der Waals surface area contributed by atoms with E-state index in [9.17, 15) is 13.2 Å². The molecule has 0 atom stereocenters. The Morgan fingerprint density at radius 3 is 2.62 bits per heavy atom. The molecular weight excluding hydrogens is 430 g/mol. The molecule has 10 nitrogen and oxygen atoms in total. The lowest BCUT2D eigenvalue weighted by molar-refractivity contribution is 0.102. The number of nitrogens with one attached hydrogen (secondary N) is 2. The second-order valence-electron chi connectivity index (χ2n) is 6.98. The maximum Gasteiger partial charge on any atom is 0.274 e. The van der Waals surface area contributed by atoms with Crippen LogP contribution in [0.4, 0.5) is 11.4 Å². The van der Waals surface area contributed by atoms with Crippen LogP contribution in [0.15, 0.2) is 67.3 Å². The highest BCUT2D eigenvalue weighted by atomic mass is 32.2. The molecule has 0 aliphatic carbocycles. The Balaban J connectivity index is 1.60. The Bertz CT molecular complexity index is 1390. The molecule has 0 aliphatic heterocycles. The SMILES string of the molecule is Cn1cc(NC(=O)c2cccc(-c3cncc(NS(C)(=O)=O)c3)n2)c(-c2ccccn2)n1. The summed E-state index contributed by atoms with van der Waals surface area (Å²) in [6.07, 6.45) is 7.33. The summed E-state index contributed by atoms with van der Waals surface area (Å²) in [5.41, 5.74) is 3.19. The number of carbonyl (C=O) groups excluding carboxylic acids is 1. The Kier molecular flexibility index (Phi) is 5.65. The number of anilines is 2. The van der Waals surface area contributed by atoms with Gasteiger partial charge in [0.05, 0.1) is 35.2 Å². The van der Waals surface area contributed by atoms with Gasteiger partial charge in [-0.15, -0.1) is 0 Å². The third kappa shape index (κ3) is 4.95. The number of carbonyl (C=O) groups is 1. The topological polar surface area (TPSA) is 132 Å². The lowest BCUT2D eigenvalue weighted by Crippen LogP contribution is -2.14. The Morgan fingerprint density at radius 2 is 1.88 bits per heavy atom. The van der Waals surface area contributed by atoms with E-state index < -0.39 is 15.9 Å². The van der Waals surface area contributed by atoms with Crippen molar-refractivity contribution in [3.05, 3.63) is 72.9 Å². The molecule has 2 N–H and O–H groups in total. The molecule has 0 spiro atoms. The number of nitrogens with zero attached hydrogens (tertiary/aromatic N) is 5. The van der Waals surface area contributed by atoms with Gasteiger partial charge in [0.25, 0.3) is 5.91 Å². The summed E-state index contributed by atoms with van der Waals surface area (Å²) in [5.74, 6) is -0.421. The van der Waals surface area contributed by atoms with Gasteiger partial charge in [0.1, 0.15) is 11.4 Å². The van der Waals surface area contributed by atoms with Gasteiger partial charge in [0.15, 0.2) is 0 Å². The van der Waals surface area contributed by atoms with Crippen LogP contribution in [0.25, 0.3) is 22.6 Å². The van der Waals surface area contributed by atoms with Crippen LogP contribution in [0.3, 0.4) is 0 Å². The molecule has 4 heterocycles. The molecule has 0 fully saturated rings. The summed E-state index contributed by atoms with van der Waals surface area (Å²) in [6.45, 7) is 0. The number of amides is 1. The number of hydrogen-bond donors (Lipinski definition) is 2. The van der Waals surface area contributed by atoms with Gasteiger partial charge in [-0.3, -0.25) is 24.2 Å². The van der Waals surface area contributed by atoms with Crippen LogP contribution < -0.4 is 10.0 Å². The quantitative estimate of drug-likeness (QED) is 0.462. The van der Waals surface area contributed by atoms with Gasteiger partial charge in [-0.25, -0.2) is 13.4 Å². The van der Waals surface area contributed by atoms with Crippen LogP contribution >= 0.6 is 0 Å². The van der Waals surface area contributed by atoms with Gasteiger partial charge in [0.2, 0.25) is 10.0 Å². The van der Waals surface area contributed by atoms with Gasteiger partial charge < -0.3 is 5.32 Å². The minimum atomic E-state index is -3.44. The van der Waals surface area contributed by atoms with Crippen molar-refractivity contribution in [2.75, 3.05) is 16.3 Å². The van der Waals surface area contributed by atoms with Crippen molar-refractivity contribution in [3.63, 3.8) is 0 Å². The molecule has 0 saturated heterocycles. The van der Waals surface area contributed by atoms with Crippen LogP contribution in [0.5, 0.6) is 0 Å². The zero-order valence-electron chi connectivity index (χ0n) is 17.2. The molecule has 4 aromatic rings. The number of sulfonamides is 1. The van der Waals surface area contributed by atoms with Gasteiger partial charge in [0, 0.05) is 31.2 Å². The van der Waals surface area contributed by atoms with Crippen molar-refractivity contribution < 1.29 is 13.2 Å². The van der Waals surface area contributed by atoms with Gasteiger partial charge in [-0.1, -0.05) is 12.1 Å². The highest BCUT2D eigenvalue weighted by Gasteiger charge is 2.16. The number of rotatable bonds is 6. The van der Waals surface area contributed by atoms with Crippen LogP contribution in [0, 0.1) is 0 Å². The van der Waals surface area contributed by atoms with Crippen molar-refractivity contribution in [2.24, 2.45) is 7.05 Å². The Morgan fingerprint density at radius 1 is 1.06 bits per heavy atom. The van der Waals surface area contributed by atoms with E-state index in [2.05, 4.69) is 30.1 Å². The molecule has 0 bridgehead atoms. The van der Waals surface area contributed by atoms with Crippen LogP contribution in [0.1, 0.15) is 10.5 Å². The van der Waals surface area contributed by atoms with E-state index in [1.165, 1.54) is 12.4 Å². The fourth-order valence-corrected chi connectivity index (χ4v) is 3.57. The summed E-state index contributed by atoms with van der Waals surface area (Å²) in [4.78, 5) is 25.7. The van der Waals surface area contributed by atoms with Crippen LogP contribution in [-0.4, -0.2) is 45.3 Å². The summed E-state index contributed by atoms with van der Waals surface area (Å²) < 4.78 is 26.9. The first kappa shape index (κ1) is 21.1. The molecule has 0 aromatic carbocycles. The first-order valence-electron chi connectivity index (χ1n) is 9.45. The Labute approximate surface area is 184 Å². The molecule has 32 heavy (non-hydrogen) atoms. The molecule has 162 valence electrons. The van der Waals surface area contributed by atoms with Crippen LogP contribution in [-0.2, 0) is 17.1 Å². The summed E-state index contributed by atoms with van der Waals surface area (Å²) in [6, 6.07) is 12.0. The molecule has 1 amide bonds. The van der Waals surface area contributed by atoms with Gasteiger partial charge in [-0.2, -0.15) is 5.10 Å². The molecule has 0 radical (unpaired) electrons. The largest absolute Gasteiger partial charge is 0.317 e. The second kappa shape index (κ2) is 8.55. The zero-order valence-corrected chi connectivity index (χ0v) is 18.0. The van der Waals surface area contributed by atoms with Crippen molar-refractivity contribution in [3.8, 4) is 22.6 Å². The third-order valence-electron chi connectivity index (χ3n) is 4.30. The van der Waals surface area contributed by atoms with E-state index in [-0.39, 0.29) is 5.69 Å². The molecular formula is C21H19N7O3S. The Hall–Kier alpha value is -4.12. The summed E-state index contributed by atoms with van der Waals surface area (Å²) in [7, 11) is -1.69. The van der Waals surface area contributed by atoms with E-state index >= 15 is 0 Å². The standard InChI is InChI=1S/C21H19N7O3S/c1-28-13-19(20(26-28)17-6-3-4-9-23-17)25-21(29)18-8-5-7-16(24-18)14-10-15(12-22-11-14)27-32(2,30)31/h3-13,27H,1-2H3,(H,25,29). The normalized spacial score (nSPS) is 11.2. The van der Waals surface area contributed by atoms with E-state index in [0.29, 0.717) is 34.0 Å². The highest BCUT2D eigenvalue weighted by molar-refractivity contribution is 7.92. The first-order valence-corrected chi connectivity index (χ1v) is 11.3. The minimum Gasteiger partial charge on any atom is -0.317 e. The summed E-state index contributed by atoms with van der Waals surface area (Å²) >= 11 is 0. The number of aromatic nitrogens is 5. The fourth-order valence-electron chi connectivity index (χ4n) is 3.03. The van der Waals surface area contributed by atoms with E-state index in [1.54, 1.807) is 60.5 Å². The van der Waals surface area contributed by atoms with Gasteiger partial charge in [-0.05, 0) is 30.3 Å². The smallest absolute Gasteiger partial charge is 0.274 e. The van der Waals surface area contributed by atoms with Crippen LogP contribution in [0.2, 0.25) is 0 Å². The third-order valence-corrected chi connectivity index (χ3v) is 4.91. The number of hydrogen-bond acceptors (Lipinski definition) is 7. The van der Waals surface area contributed by atoms with E-state index in [1.807, 2.05) is 6.07 Å². The fraction of sp³-hybridized carbons (Fsp3) is 0.0952. The van der Waals surface area contributed by atoms with Gasteiger partial charge >= 0.3 is 0 Å². The van der Waals surface area contributed by atoms with Crippen molar-refractivity contribution >= 4 is 27.3 Å². The van der Waals surface area contributed by atoms with Crippen molar-refractivity contribution in [2.45, 2.75) is 0 Å². The van der Waals surface area contributed by atoms with E-state index in [0.717, 1.165) is 6.26 Å². The summed E-state index contributed by atoms with van der Waals surface area (Å²) in [5, 5.41) is 7.22. The average Bonchev–Trinajstić information content (AvgIpc) is 3.13. The predicted molar refractivity (Wildman–Crippen MR) is 120 cm³/mol. The van der Waals surface area contributed by atoms with Crippen molar-refractivity contribution in [1.29, 1.82) is 0 Å².